The average Bonchev–Trinajstić information content (AvgIpc) is 2.69. The standard InChI is InChI=1S/C13H16O2/c1-11(2)13(14-8-9-15-13)10-12-6-4-3-5-7-12/h3-9,11H,10H2,1-2H3. The minimum atomic E-state index is -0.513. The number of hydrogen-bond acceptors (Lipinski definition) is 2. The summed E-state index contributed by atoms with van der Waals surface area (Å²) in [5.41, 5.74) is 1.23. The molecule has 15 heavy (non-hydrogen) atoms. The first-order chi connectivity index (χ1) is 7.23. The topological polar surface area (TPSA) is 18.5 Å². The Kier molecular flexibility index (Phi) is 2.67. The van der Waals surface area contributed by atoms with Crippen molar-refractivity contribution in [3.05, 3.63) is 48.4 Å². The molecule has 1 aromatic carbocycles. The van der Waals surface area contributed by atoms with E-state index in [0.29, 0.717) is 5.92 Å². The van der Waals surface area contributed by atoms with Crippen LogP contribution in [0.1, 0.15) is 19.4 Å². The zero-order valence-corrected chi connectivity index (χ0v) is 9.14. The van der Waals surface area contributed by atoms with Crippen molar-refractivity contribution in [3.8, 4) is 0 Å². The highest BCUT2D eigenvalue weighted by atomic mass is 16.7. The van der Waals surface area contributed by atoms with Crippen LogP contribution in [0.5, 0.6) is 0 Å². The van der Waals surface area contributed by atoms with Gasteiger partial charge in [0.2, 0.25) is 0 Å². The van der Waals surface area contributed by atoms with Gasteiger partial charge in [-0.25, -0.2) is 0 Å². The second-order valence-corrected chi connectivity index (χ2v) is 4.14. The minimum Gasteiger partial charge on any atom is -0.456 e. The Morgan fingerprint density at radius 1 is 1.07 bits per heavy atom. The van der Waals surface area contributed by atoms with Crippen molar-refractivity contribution < 1.29 is 9.47 Å². The molecule has 0 bridgehead atoms. The van der Waals surface area contributed by atoms with Crippen LogP contribution in [0.25, 0.3) is 0 Å². The van der Waals surface area contributed by atoms with Gasteiger partial charge in [-0.1, -0.05) is 44.2 Å². The molecule has 0 fully saturated rings. The molecule has 80 valence electrons. The molecule has 0 aromatic heterocycles. The van der Waals surface area contributed by atoms with Crippen LogP contribution in [0.2, 0.25) is 0 Å². The maximum Gasteiger partial charge on any atom is 0.256 e. The highest BCUT2D eigenvalue weighted by Gasteiger charge is 2.39. The van der Waals surface area contributed by atoms with Crippen LogP contribution in [0.3, 0.4) is 0 Å². The molecule has 1 aliphatic rings. The monoisotopic (exact) mass is 204 g/mol. The van der Waals surface area contributed by atoms with Crippen molar-refractivity contribution in [1.29, 1.82) is 0 Å². The molecule has 0 radical (unpaired) electrons. The summed E-state index contributed by atoms with van der Waals surface area (Å²) in [6.07, 6.45) is 4.03. The Bertz CT molecular complexity index is 333. The van der Waals surface area contributed by atoms with Gasteiger partial charge in [0.1, 0.15) is 12.5 Å². The number of benzene rings is 1. The second-order valence-electron chi connectivity index (χ2n) is 4.14. The van der Waals surface area contributed by atoms with Crippen molar-refractivity contribution in [2.75, 3.05) is 0 Å². The first kappa shape index (κ1) is 10.1. The molecule has 0 amide bonds. The number of hydrogen-bond donors (Lipinski definition) is 0. The third-order valence-electron chi connectivity index (χ3n) is 2.76. The molecule has 2 heteroatoms. The molecule has 1 aliphatic heterocycles. The first-order valence-electron chi connectivity index (χ1n) is 5.27. The lowest BCUT2D eigenvalue weighted by molar-refractivity contribution is -0.172. The molecule has 0 aliphatic carbocycles. The van der Waals surface area contributed by atoms with Crippen LogP contribution in [0.4, 0.5) is 0 Å². The fourth-order valence-corrected chi connectivity index (χ4v) is 1.75. The summed E-state index contributed by atoms with van der Waals surface area (Å²) in [4.78, 5) is 0. The zero-order chi connectivity index (χ0) is 10.7. The van der Waals surface area contributed by atoms with E-state index >= 15 is 0 Å². The van der Waals surface area contributed by atoms with Crippen LogP contribution in [-0.4, -0.2) is 5.79 Å². The summed E-state index contributed by atoms with van der Waals surface area (Å²) in [5.74, 6) is -0.200. The molecule has 0 unspecified atom stereocenters. The summed E-state index contributed by atoms with van der Waals surface area (Å²) < 4.78 is 11.2. The highest BCUT2D eigenvalue weighted by Crippen LogP contribution is 2.32. The Morgan fingerprint density at radius 3 is 2.20 bits per heavy atom. The van der Waals surface area contributed by atoms with E-state index in [1.807, 2.05) is 18.2 Å². The van der Waals surface area contributed by atoms with Crippen LogP contribution in [0.15, 0.2) is 42.9 Å². The Labute approximate surface area is 90.5 Å². The van der Waals surface area contributed by atoms with Crippen LogP contribution in [0, 0.1) is 5.92 Å². The molecule has 0 N–H and O–H groups in total. The van der Waals surface area contributed by atoms with Gasteiger partial charge < -0.3 is 9.47 Å². The van der Waals surface area contributed by atoms with Crippen molar-refractivity contribution in [2.45, 2.75) is 26.1 Å². The largest absolute Gasteiger partial charge is 0.456 e. The van der Waals surface area contributed by atoms with E-state index in [1.54, 1.807) is 12.5 Å². The predicted molar refractivity (Wildman–Crippen MR) is 59.0 cm³/mol. The van der Waals surface area contributed by atoms with E-state index < -0.39 is 5.79 Å². The van der Waals surface area contributed by atoms with Crippen LogP contribution >= 0.6 is 0 Å². The van der Waals surface area contributed by atoms with Gasteiger partial charge >= 0.3 is 0 Å². The summed E-state index contributed by atoms with van der Waals surface area (Å²) in [7, 11) is 0. The van der Waals surface area contributed by atoms with Gasteiger partial charge in [-0.2, -0.15) is 0 Å². The van der Waals surface area contributed by atoms with Crippen molar-refractivity contribution >= 4 is 0 Å². The van der Waals surface area contributed by atoms with E-state index in [2.05, 4.69) is 26.0 Å². The SMILES string of the molecule is CC(C)C1(Cc2ccccc2)OC=CO1. The fraction of sp³-hybridized carbons (Fsp3) is 0.385. The normalized spacial score (nSPS) is 17.5. The maximum absolute atomic E-state index is 5.60. The van der Waals surface area contributed by atoms with E-state index in [9.17, 15) is 0 Å². The van der Waals surface area contributed by atoms with Gasteiger partial charge in [0.05, 0.1) is 6.42 Å². The lowest BCUT2D eigenvalue weighted by Gasteiger charge is -2.31. The first-order valence-corrected chi connectivity index (χ1v) is 5.27. The lowest BCUT2D eigenvalue weighted by Crippen LogP contribution is -2.38. The predicted octanol–water partition coefficient (Wildman–Crippen LogP) is 3.10. The summed E-state index contributed by atoms with van der Waals surface area (Å²) in [5, 5.41) is 0. The third-order valence-corrected chi connectivity index (χ3v) is 2.76. The van der Waals surface area contributed by atoms with Crippen molar-refractivity contribution in [2.24, 2.45) is 5.92 Å². The summed E-state index contributed by atoms with van der Waals surface area (Å²) >= 11 is 0. The molecular formula is C13H16O2. The van der Waals surface area contributed by atoms with Crippen LogP contribution < -0.4 is 0 Å². The molecule has 2 nitrogen and oxygen atoms in total. The minimum absolute atomic E-state index is 0.313. The molecule has 0 atom stereocenters. The van der Waals surface area contributed by atoms with E-state index in [-0.39, 0.29) is 0 Å². The lowest BCUT2D eigenvalue weighted by atomic mass is 9.95. The Balaban J connectivity index is 2.15. The van der Waals surface area contributed by atoms with Gasteiger partial charge in [0.25, 0.3) is 5.79 Å². The van der Waals surface area contributed by atoms with Crippen molar-refractivity contribution in [3.63, 3.8) is 0 Å². The van der Waals surface area contributed by atoms with E-state index in [4.69, 9.17) is 9.47 Å². The second kappa shape index (κ2) is 3.97. The molecule has 2 rings (SSSR count). The number of rotatable bonds is 3. The molecule has 1 heterocycles. The van der Waals surface area contributed by atoms with Crippen LogP contribution in [-0.2, 0) is 15.9 Å². The molecule has 1 aromatic rings. The fourth-order valence-electron chi connectivity index (χ4n) is 1.75. The third kappa shape index (κ3) is 1.99. The van der Waals surface area contributed by atoms with Gasteiger partial charge in [0.15, 0.2) is 0 Å². The highest BCUT2D eigenvalue weighted by molar-refractivity contribution is 5.17. The summed E-state index contributed by atoms with van der Waals surface area (Å²) in [6, 6.07) is 10.3. The van der Waals surface area contributed by atoms with Gasteiger partial charge in [-0.15, -0.1) is 0 Å². The molecule has 0 spiro atoms. The Morgan fingerprint density at radius 2 is 1.67 bits per heavy atom. The molecular weight excluding hydrogens is 188 g/mol. The van der Waals surface area contributed by atoms with Gasteiger partial charge in [0, 0.05) is 5.92 Å². The van der Waals surface area contributed by atoms with Crippen molar-refractivity contribution in [1.82, 2.24) is 0 Å². The Hall–Kier alpha value is -1.44. The maximum atomic E-state index is 5.60. The van der Waals surface area contributed by atoms with Gasteiger partial charge in [-0.3, -0.25) is 0 Å². The van der Waals surface area contributed by atoms with E-state index in [0.717, 1.165) is 6.42 Å². The van der Waals surface area contributed by atoms with Gasteiger partial charge in [-0.05, 0) is 5.56 Å². The average molecular weight is 204 g/mol. The summed E-state index contributed by atoms with van der Waals surface area (Å²) in [6.45, 7) is 4.21. The van der Waals surface area contributed by atoms with E-state index in [1.165, 1.54) is 5.56 Å². The smallest absolute Gasteiger partial charge is 0.256 e. The quantitative estimate of drug-likeness (QED) is 0.753. The molecule has 0 saturated heterocycles. The number of ether oxygens (including phenoxy) is 2. The zero-order valence-electron chi connectivity index (χ0n) is 9.14. The molecule has 0 saturated carbocycles.